The van der Waals surface area contributed by atoms with Crippen LogP contribution in [0.1, 0.15) is 21.6 Å². The van der Waals surface area contributed by atoms with Gasteiger partial charge >= 0.3 is 0 Å². The van der Waals surface area contributed by atoms with E-state index in [1.807, 2.05) is 0 Å². The second-order valence-corrected chi connectivity index (χ2v) is 8.28. The van der Waals surface area contributed by atoms with Gasteiger partial charge in [0.25, 0.3) is 5.91 Å². The zero-order valence-corrected chi connectivity index (χ0v) is 18.4. The highest BCUT2D eigenvalue weighted by molar-refractivity contribution is 7.91. The highest BCUT2D eigenvalue weighted by Gasteiger charge is 2.25. The molecule has 0 saturated carbocycles. The summed E-state index contributed by atoms with van der Waals surface area (Å²) in [5.74, 6) is -0.215. The molecule has 0 spiro atoms. The summed E-state index contributed by atoms with van der Waals surface area (Å²) in [6, 6.07) is 8.16. The molecule has 2 heterocycles. The maximum absolute atomic E-state index is 13.2. The molecule has 2 N–H and O–H groups in total. The Hall–Kier alpha value is -3.60. The van der Waals surface area contributed by atoms with Gasteiger partial charge in [-0.25, -0.2) is 14.0 Å². The predicted molar refractivity (Wildman–Crippen MR) is 113 cm³/mol. The Morgan fingerprint density at radius 2 is 1.84 bits per heavy atom. The molecule has 0 saturated heterocycles. The average molecular weight is 446 g/mol. The number of benzene rings is 1. The van der Waals surface area contributed by atoms with E-state index < -0.39 is 15.8 Å². The summed E-state index contributed by atoms with van der Waals surface area (Å²) in [6.45, 7) is 2.21. The van der Waals surface area contributed by atoms with Crippen molar-refractivity contribution in [1.82, 2.24) is 19.5 Å². The third-order valence-electron chi connectivity index (χ3n) is 4.39. The molecule has 0 fully saturated rings. The minimum Gasteiger partial charge on any atom is -0.495 e. The third kappa shape index (κ3) is 4.77. The molecule has 1 amide bonds. The third-order valence-corrected chi connectivity index (χ3v) is 5.84. The van der Waals surface area contributed by atoms with Gasteiger partial charge < -0.3 is 14.2 Å². The van der Waals surface area contributed by atoms with E-state index in [1.54, 1.807) is 48.3 Å². The zero-order valence-electron chi connectivity index (χ0n) is 17.5. The Kier molecular flexibility index (Phi) is 6.44. The number of amides is 1. The van der Waals surface area contributed by atoms with Crippen LogP contribution in [0.4, 0.5) is 0 Å². The Balaban J connectivity index is 1.91. The molecule has 11 heteroatoms. The normalized spacial score (nSPS) is 12.6. The maximum Gasteiger partial charge on any atom is 0.282 e. The Bertz CT molecular complexity index is 1170. The number of carbonyl (C=O) groups is 1. The first-order valence-electron chi connectivity index (χ1n) is 9.14. The number of hydrogen-bond acceptors (Lipinski definition) is 8. The fourth-order valence-electron chi connectivity index (χ4n) is 2.99. The van der Waals surface area contributed by atoms with E-state index in [-0.39, 0.29) is 28.0 Å². The van der Waals surface area contributed by atoms with Gasteiger partial charge in [0.15, 0.2) is 14.8 Å². The van der Waals surface area contributed by atoms with Gasteiger partial charge in [0.05, 0.1) is 27.9 Å². The van der Waals surface area contributed by atoms with Crippen LogP contribution in [0.25, 0.3) is 0 Å². The van der Waals surface area contributed by atoms with Crippen molar-refractivity contribution in [3.63, 3.8) is 0 Å². The number of aromatic nitrogens is 3. The lowest BCUT2D eigenvalue weighted by atomic mass is 10.2. The molecule has 2 aromatic heterocycles. The summed E-state index contributed by atoms with van der Waals surface area (Å²) in [5, 5.41) is 4.13. The molecule has 0 aliphatic heterocycles. The second kappa shape index (κ2) is 9.04. The van der Waals surface area contributed by atoms with Crippen LogP contribution >= 0.6 is 0 Å². The van der Waals surface area contributed by atoms with E-state index in [1.165, 1.54) is 27.4 Å². The van der Waals surface area contributed by atoms with Gasteiger partial charge in [0.1, 0.15) is 17.2 Å². The van der Waals surface area contributed by atoms with Gasteiger partial charge in [-0.1, -0.05) is 0 Å². The number of aryl methyl sites for hydroxylation is 1. The summed E-state index contributed by atoms with van der Waals surface area (Å²) in [6.07, 6.45) is 3.44. The van der Waals surface area contributed by atoms with Crippen LogP contribution < -0.4 is 18.9 Å². The van der Waals surface area contributed by atoms with Crippen molar-refractivity contribution >= 4 is 15.8 Å². The van der Waals surface area contributed by atoms with E-state index >= 15 is 0 Å². The van der Waals surface area contributed by atoms with Crippen molar-refractivity contribution in [1.29, 1.82) is 4.78 Å². The molecule has 0 radical (unpaired) electrons. The molecule has 0 aliphatic carbocycles. The largest absolute Gasteiger partial charge is 0.495 e. The first-order valence-corrected chi connectivity index (χ1v) is 10.7. The van der Waals surface area contributed by atoms with Gasteiger partial charge in [-0.2, -0.15) is 5.10 Å². The van der Waals surface area contributed by atoms with E-state index in [2.05, 4.69) is 14.8 Å². The molecular formula is C20H23N5O5S. The van der Waals surface area contributed by atoms with E-state index in [9.17, 15) is 9.00 Å². The lowest BCUT2D eigenvalue weighted by Gasteiger charge is -2.17. The molecule has 0 bridgehead atoms. The smallest absolute Gasteiger partial charge is 0.282 e. The van der Waals surface area contributed by atoms with Gasteiger partial charge in [-0.3, -0.25) is 14.2 Å². The maximum atomic E-state index is 13.2. The molecule has 164 valence electrons. The topological polar surface area (TPSA) is 128 Å². The number of ether oxygens (including phenoxy) is 3. The second-order valence-electron chi connectivity index (χ2n) is 6.55. The van der Waals surface area contributed by atoms with Crippen LogP contribution in [0.2, 0.25) is 0 Å². The predicted octanol–water partition coefficient (Wildman–Crippen LogP) is 2.41. The number of nitrogens with one attached hydrogen (secondary N) is 2. The van der Waals surface area contributed by atoms with Crippen molar-refractivity contribution in [2.45, 2.75) is 18.4 Å². The molecule has 10 nitrogen and oxygen atoms in total. The van der Waals surface area contributed by atoms with Crippen LogP contribution in [0, 0.1) is 11.7 Å². The molecular weight excluding hydrogens is 422 g/mol. The highest BCUT2D eigenvalue weighted by atomic mass is 32.2. The van der Waals surface area contributed by atoms with E-state index in [0.29, 0.717) is 12.1 Å². The first kappa shape index (κ1) is 22.1. The minimum absolute atomic E-state index is 0.0499. The lowest BCUT2D eigenvalue weighted by molar-refractivity contribution is 0.0976. The molecule has 3 aromatic rings. The molecule has 1 aromatic carbocycles. The number of rotatable bonds is 8. The quantitative estimate of drug-likeness (QED) is 0.545. The van der Waals surface area contributed by atoms with Crippen molar-refractivity contribution in [2.24, 2.45) is 0 Å². The Labute approximate surface area is 180 Å². The number of methoxy groups -OCH3 is 3. The molecule has 0 unspecified atom stereocenters. The number of pyridine rings is 1. The monoisotopic (exact) mass is 445 g/mol. The van der Waals surface area contributed by atoms with Crippen LogP contribution in [-0.4, -0.2) is 46.2 Å². The van der Waals surface area contributed by atoms with Crippen molar-refractivity contribution in [3.05, 3.63) is 59.5 Å². The van der Waals surface area contributed by atoms with Gasteiger partial charge in [-0.05, 0) is 42.8 Å². The van der Waals surface area contributed by atoms with Gasteiger partial charge in [-0.15, -0.1) is 0 Å². The van der Waals surface area contributed by atoms with Gasteiger partial charge in [0, 0.05) is 18.0 Å². The van der Waals surface area contributed by atoms with E-state index in [4.69, 9.17) is 19.0 Å². The molecule has 0 aliphatic rings. The van der Waals surface area contributed by atoms with E-state index in [0.717, 1.165) is 5.56 Å². The van der Waals surface area contributed by atoms with Crippen molar-refractivity contribution < 1.29 is 23.2 Å². The van der Waals surface area contributed by atoms with Crippen LogP contribution in [0.3, 0.4) is 0 Å². The van der Waals surface area contributed by atoms with Crippen LogP contribution in [0.5, 0.6) is 17.4 Å². The SMILES string of the molecule is COc1cc(C)cc(OC)c1[S@@](=N)(=O)NC(=O)c1ccc(Cn2cccn2)c(OC)n1. The Morgan fingerprint density at radius 1 is 1.16 bits per heavy atom. The van der Waals surface area contributed by atoms with Crippen LogP contribution in [0.15, 0.2) is 47.6 Å². The molecule has 31 heavy (non-hydrogen) atoms. The molecule has 1 atom stereocenters. The fraction of sp³-hybridized carbons (Fsp3) is 0.250. The number of nitrogens with zero attached hydrogens (tertiary/aromatic N) is 3. The number of hydrogen-bond donors (Lipinski definition) is 2. The standard InChI is InChI=1S/C20H23N5O5S/c1-13-10-16(28-2)18(17(11-13)29-3)31(21,27)24-19(26)15-7-6-14(20(23-15)30-4)12-25-9-5-8-22-25/h5-11H,12H2,1-4H3,(H2,21,24,26,27)/t31-/m0/s1. The summed E-state index contributed by atoms with van der Waals surface area (Å²) >= 11 is 0. The zero-order chi connectivity index (χ0) is 22.6. The fourth-order valence-corrected chi connectivity index (χ4v) is 4.31. The van der Waals surface area contributed by atoms with Crippen molar-refractivity contribution in [2.75, 3.05) is 21.3 Å². The average Bonchev–Trinajstić information content (AvgIpc) is 3.25. The summed E-state index contributed by atoms with van der Waals surface area (Å²) < 4.78 is 41.3. The highest BCUT2D eigenvalue weighted by Crippen LogP contribution is 2.35. The molecule has 3 rings (SSSR count). The lowest BCUT2D eigenvalue weighted by Crippen LogP contribution is -2.31. The van der Waals surface area contributed by atoms with Crippen molar-refractivity contribution in [3.8, 4) is 17.4 Å². The minimum atomic E-state index is -3.83. The summed E-state index contributed by atoms with van der Waals surface area (Å²) in [4.78, 5) is 16.9. The first-order chi connectivity index (χ1) is 14.8. The Morgan fingerprint density at radius 3 is 2.39 bits per heavy atom. The summed E-state index contributed by atoms with van der Waals surface area (Å²) in [7, 11) is 0.389. The van der Waals surface area contributed by atoms with Crippen LogP contribution in [-0.2, 0) is 16.5 Å². The number of carbonyl (C=O) groups excluding carboxylic acids is 1. The van der Waals surface area contributed by atoms with Gasteiger partial charge in [0.2, 0.25) is 5.88 Å². The summed E-state index contributed by atoms with van der Waals surface area (Å²) in [5.41, 5.74) is 1.44.